The molecule has 2 rings (SSSR count). The highest BCUT2D eigenvalue weighted by molar-refractivity contribution is 6.03. The Bertz CT molecular complexity index is 590. The van der Waals surface area contributed by atoms with Crippen LogP contribution in [0.5, 0.6) is 0 Å². The molecule has 0 saturated heterocycles. The largest absolute Gasteiger partial charge is 0.380 e. The van der Waals surface area contributed by atoms with Gasteiger partial charge in [0.15, 0.2) is 0 Å². The molecule has 0 aliphatic heterocycles. The minimum Gasteiger partial charge on any atom is -0.380 e. The number of nitrogens with one attached hydrogen (secondary N) is 1. The van der Waals surface area contributed by atoms with Crippen LogP contribution in [0, 0.1) is 0 Å². The second-order valence-corrected chi connectivity index (χ2v) is 4.84. The van der Waals surface area contributed by atoms with Gasteiger partial charge in [0.05, 0.1) is 12.8 Å². The first-order valence-electron chi connectivity index (χ1n) is 6.54. The van der Waals surface area contributed by atoms with Gasteiger partial charge < -0.3 is 10.1 Å². The molecular weight excluding hydrogens is 254 g/mol. The zero-order valence-corrected chi connectivity index (χ0v) is 12.0. The van der Waals surface area contributed by atoms with Gasteiger partial charge >= 0.3 is 0 Å². The summed E-state index contributed by atoms with van der Waals surface area (Å²) < 4.78 is 6.85. The first-order valence-corrected chi connectivity index (χ1v) is 6.54. The van der Waals surface area contributed by atoms with Crippen LogP contribution in [0.1, 0.15) is 35.8 Å². The average Bonchev–Trinajstić information content (AvgIpc) is 2.88. The molecule has 0 spiro atoms. The number of methoxy groups -OCH3 is 1. The molecule has 0 unspecified atom stereocenters. The van der Waals surface area contributed by atoms with Crippen LogP contribution in [0.15, 0.2) is 36.5 Å². The van der Waals surface area contributed by atoms with Crippen molar-refractivity contribution >= 4 is 11.7 Å². The Morgan fingerprint density at radius 2 is 2.20 bits per heavy atom. The zero-order chi connectivity index (χ0) is 14.5. The molecule has 1 amide bonds. The molecule has 0 aliphatic carbocycles. The van der Waals surface area contributed by atoms with Crippen molar-refractivity contribution in [3.8, 4) is 0 Å². The molecular formula is C15H19N3O2. The quantitative estimate of drug-likeness (QED) is 0.911. The number of anilines is 1. The van der Waals surface area contributed by atoms with Crippen LogP contribution in [0.25, 0.3) is 0 Å². The van der Waals surface area contributed by atoms with Crippen LogP contribution in [-0.4, -0.2) is 22.8 Å². The topological polar surface area (TPSA) is 56.1 Å². The number of hydrogen-bond donors (Lipinski definition) is 1. The van der Waals surface area contributed by atoms with Crippen molar-refractivity contribution in [1.82, 2.24) is 9.78 Å². The van der Waals surface area contributed by atoms with Crippen LogP contribution >= 0.6 is 0 Å². The maximum Gasteiger partial charge on any atom is 0.256 e. The fourth-order valence-electron chi connectivity index (χ4n) is 1.98. The number of amides is 1. The number of hydrogen-bond acceptors (Lipinski definition) is 3. The van der Waals surface area contributed by atoms with Crippen molar-refractivity contribution in [1.29, 1.82) is 0 Å². The Hall–Kier alpha value is -2.14. The van der Waals surface area contributed by atoms with Crippen molar-refractivity contribution in [2.24, 2.45) is 0 Å². The van der Waals surface area contributed by atoms with E-state index in [1.807, 2.05) is 32.0 Å². The highest BCUT2D eigenvalue weighted by atomic mass is 16.5. The molecule has 0 bridgehead atoms. The summed E-state index contributed by atoms with van der Waals surface area (Å²) in [5.41, 5.74) is 1.58. The molecule has 2 aromatic rings. The van der Waals surface area contributed by atoms with Gasteiger partial charge in [0.25, 0.3) is 5.91 Å². The van der Waals surface area contributed by atoms with E-state index in [4.69, 9.17) is 4.74 Å². The summed E-state index contributed by atoms with van der Waals surface area (Å²) in [7, 11) is 1.63. The normalized spacial score (nSPS) is 10.8. The van der Waals surface area contributed by atoms with Crippen molar-refractivity contribution in [3.05, 3.63) is 47.7 Å². The van der Waals surface area contributed by atoms with Gasteiger partial charge in [0, 0.05) is 24.8 Å². The van der Waals surface area contributed by atoms with Gasteiger partial charge in [-0.3, -0.25) is 4.79 Å². The molecule has 0 atom stereocenters. The average molecular weight is 273 g/mol. The van der Waals surface area contributed by atoms with Gasteiger partial charge in [-0.2, -0.15) is 5.10 Å². The van der Waals surface area contributed by atoms with Gasteiger partial charge in [-0.15, -0.1) is 0 Å². The Morgan fingerprint density at radius 1 is 1.40 bits per heavy atom. The Morgan fingerprint density at radius 3 is 2.90 bits per heavy atom. The van der Waals surface area contributed by atoms with Crippen molar-refractivity contribution in [2.75, 3.05) is 12.4 Å². The number of carbonyl (C=O) groups excluding carboxylic acids is 1. The first-order chi connectivity index (χ1) is 9.61. The van der Waals surface area contributed by atoms with E-state index in [2.05, 4.69) is 10.4 Å². The van der Waals surface area contributed by atoms with Gasteiger partial charge in [0.2, 0.25) is 0 Å². The number of ether oxygens (including phenoxy) is 1. The third-order valence-electron chi connectivity index (χ3n) is 2.90. The molecule has 0 fully saturated rings. The predicted molar refractivity (Wildman–Crippen MR) is 77.7 cm³/mol. The molecule has 0 radical (unpaired) electrons. The molecule has 1 aromatic heterocycles. The highest BCUT2D eigenvalue weighted by Gasteiger charge is 2.11. The number of nitrogens with zero attached hydrogens (tertiary/aromatic N) is 2. The third kappa shape index (κ3) is 3.24. The van der Waals surface area contributed by atoms with Crippen LogP contribution in [0.2, 0.25) is 0 Å². The first kappa shape index (κ1) is 14.3. The lowest BCUT2D eigenvalue weighted by Gasteiger charge is -2.12. The molecule has 1 heterocycles. The van der Waals surface area contributed by atoms with Crippen LogP contribution in [0.3, 0.4) is 0 Å². The summed E-state index contributed by atoms with van der Waals surface area (Å²) in [6.07, 6.45) is 1.68. The number of aromatic nitrogens is 2. The molecule has 106 valence electrons. The van der Waals surface area contributed by atoms with Crippen molar-refractivity contribution < 1.29 is 9.53 Å². The summed E-state index contributed by atoms with van der Waals surface area (Å²) >= 11 is 0. The standard InChI is InChI=1S/C15H19N3O2/c1-11(2)18-14(7-8-16-18)17-15(19)13-6-4-5-12(9-13)10-20-3/h4-9,11H,10H2,1-3H3,(H,17,19). The van der Waals surface area contributed by atoms with E-state index in [0.29, 0.717) is 18.0 Å². The van der Waals surface area contributed by atoms with Crippen LogP contribution in [0.4, 0.5) is 5.82 Å². The van der Waals surface area contributed by atoms with E-state index in [9.17, 15) is 4.79 Å². The Balaban J connectivity index is 2.15. The molecule has 5 nitrogen and oxygen atoms in total. The highest BCUT2D eigenvalue weighted by Crippen LogP contribution is 2.15. The molecule has 5 heteroatoms. The van der Waals surface area contributed by atoms with Crippen LogP contribution < -0.4 is 5.32 Å². The number of carbonyl (C=O) groups is 1. The molecule has 0 saturated carbocycles. The molecule has 20 heavy (non-hydrogen) atoms. The van der Waals surface area contributed by atoms with E-state index >= 15 is 0 Å². The molecule has 0 aliphatic rings. The van der Waals surface area contributed by atoms with Gasteiger partial charge in [-0.25, -0.2) is 4.68 Å². The molecule has 1 aromatic carbocycles. The maximum absolute atomic E-state index is 12.3. The lowest BCUT2D eigenvalue weighted by atomic mass is 10.1. The molecule has 1 N–H and O–H groups in total. The van der Waals surface area contributed by atoms with Crippen LogP contribution in [-0.2, 0) is 11.3 Å². The van der Waals surface area contributed by atoms with Gasteiger partial charge in [0.1, 0.15) is 5.82 Å². The van der Waals surface area contributed by atoms with Crippen molar-refractivity contribution in [3.63, 3.8) is 0 Å². The van der Waals surface area contributed by atoms with E-state index in [0.717, 1.165) is 5.56 Å². The second kappa shape index (κ2) is 6.34. The van der Waals surface area contributed by atoms with E-state index in [-0.39, 0.29) is 11.9 Å². The second-order valence-electron chi connectivity index (χ2n) is 4.84. The van der Waals surface area contributed by atoms with Crippen molar-refractivity contribution in [2.45, 2.75) is 26.5 Å². The predicted octanol–water partition coefficient (Wildman–Crippen LogP) is 2.86. The fourth-order valence-corrected chi connectivity index (χ4v) is 1.98. The summed E-state index contributed by atoms with van der Waals surface area (Å²) in [6, 6.07) is 9.37. The van der Waals surface area contributed by atoms with Gasteiger partial charge in [-0.1, -0.05) is 12.1 Å². The number of benzene rings is 1. The van der Waals surface area contributed by atoms with Gasteiger partial charge in [-0.05, 0) is 31.5 Å². The summed E-state index contributed by atoms with van der Waals surface area (Å²) in [5, 5.41) is 7.07. The summed E-state index contributed by atoms with van der Waals surface area (Å²) in [4.78, 5) is 12.3. The maximum atomic E-state index is 12.3. The smallest absolute Gasteiger partial charge is 0.256 e. The lowest BCUT2D eigenvalue weighted by Crippen LogP contribution is -2.16. The minimum atomic E-state index is -0.148. The summed E-state index contributed by atoms with van der Waals surface area (Å²) in [6.45, 7) is 4.52. The zero-order valence-electron chi connectivity index (χ0n) is 12.0. The fraction of sp³-hybridized carbons (Fsp3) is 0.333. The van der Waals surface area contributed by atoms with E-state index < -0.39 is 0 Å². The van der Waals surface area contributed by atoms with E-state index in [1.54, 1.807) is 30.1 Å². The minimum absolute atomic E-state index is 0.148. The Labute approximate surface area is 118 Å². The third-order valence-corrected chi connectivity index (χ3v) is 2.90. The lowest BCUT2D eigenvalue weighted by molar-refractivity contribution is 0.102. The number of rotatable bonds is 5. The Kier molecular flexibility index (Phi) is 4.53. The summed E-state index contributed by atoms with van der Waals surface area (Å²) in [5.74, 6) is 0.549. The monoisotopic (exact) mass is 273 g/mol. The van der Waals surface area contributed by atoms with E-state index in [1.165, 1.54) is 0 Å². The SMILES string of the molecule is COCc1cccc(C(=O)Nc2ccnn2C(C)C)c1.